The molecule has 2 fully saturated rings. The molecule has 1 amide bonds. The molecule has 2 aliphatic heterocycles. The van der Waals surface area contributed by atoms with Gasteiger partial charge in [-0.3, -0.25) is 4.79 Å². The van der Waals surface area contributed by atoms with Crippen LogP contribution in [-0.2, 0) is 6.42 Å². The second-order valence-electron chi connectivity index (χ2n) is 8.10. The molecule has 4 heterocycles. The zero-order valence-corrected chi connectivity index (χ0v) is 17.1. The minimum absolute atomic E-state index is 0.0239. The Hall–Kier alpha value is -2.74. The van der Waals surface area contributed by atoms with E-state index in [1.807, 2.05) is 23.3 Å². The van der Waals surface area contributed by atoms with Crippen LogP contribution in [0.15, 0.2) is 45.7 Å². The second kappa shape index (κ2) is 7.26. The summed E-state index contributed by atoms with van der Waals surface area (Å²) in [6.07, 6.45) is 2.02. The van der Waals surface area contributed by atoms with Gasteiger partial charge in [0, 0.05) is 49.8 Å². The van der Waals surface area contributed by atoms with E-state index in [0.29, 0.717) is 23.5 Å². The average Bonchev–Trinajstić information content (AvgIpc) is 3.50. The van der Waals surface area contributed by atoms with Gasteiger partial charge in [-0.15, -0.1) is 11.3 Å². The lowest BCUT2D eigenvalue weighted by atomic mass is 9.76. The first-order chi connectivity index (χ1) is 14.1. The fourth-order valence-electron chi connectivity index (χ4n) is 4.78. The lowest BCUT2D eigenvalue weighted by molar-refractivity contribution is 0.0765. The number of amides is 1. The standard InChI is InChI=1S/C21H23N5O2S/c1-15-23-20(24-28-15)26-10-17-9-25(19(27)18-11-29-14-22-18)12-21(17,13-26)8-7-16-5-3-2-4-6-16/h2-6,11,14,17H,7-10,12-13H2,1H3/t17-,21+/m1/s1. The summed E-state index contributed by atoms with van der Waals surface area (Å²) in [6, 6.07) is 10.6. The summed E-state index contributed by atoms with van der Waals surface area (Å²) in [7, 11) is 0. The van der Waals surface area contributed by atoms with E-state index in [0.717, 1.165) is 39.0 Å². The average molecular weight is 410 g/mol. The Morgan fingerprint density at radius 2 is 2.14 bits per heavy atom. The summed E-state index contributed by atoms with van der Waals surface area (Å²) in [4.78, 5) is 25.8. The normalized spacial score (nSPS) is 23.6. The van der Waals surface area contributed by atoms with Crippen molar-refractivity contribution in [1.82, 2.24) is 20.0 Å². The summed E-state index contributed by atoms with van der Waals surface area (Å²) in [5.41, 5.74) is 3.63. The van der Waals surface area contributed by atoms with Crippen molar-refractivity contribution in [3.63, 3.8) is 0 Å². The number of benzene rings is 1. The SMILES string of the molecule is Cc1nc(N2C[C@H]3CN(C(=O)c4cscn4)C[C@@]3(CCc3ccccc3)C2)no1. The lowest BCUT2D eigenvalue weighted by Crippen LogP contribution is -2.37. The Morgan fingerprint density at radius 1 is 1.28 bits per heavy atom. The number of rotatable bonds is 5. The fourth-order valence-corrected chi connectivity index (χ4v) is 5.30. The molecule has 2 saturated heterocycles. The minimum atomic E-state index is 0.0239. The number of likely N-dealkylation sites (tertiary alicyclic amines) is 1. The first-order valence-corrected chi connectivity index (χ1v) is 10.8. The molecular formula is C21H23N5O2S. The quantitative estimate of drug-likeness (QED) is 0.645. The van der Waals surface area contributed by atoms with Gasteiger partial charge >= 0.3 is 0 Å². The first kappa shape index (κ1) is 18.3. The number of anilines is 1. The van der Waals surface area contributed by atoms with Crippen LogP contribution in [0.2, 0.25) is 0 Å². The van der Waals surface area contributed by atoms with Crippen molar-refractivity contribution in [1.29, 1.82) is 0 Å². The van der Waals surface area contributed by atoms with Gasteiger partial charge in [0.2, 0.25) is 5.89 Å². The maximum absolute atomic E-state index is 12.9. The number of fused-ring (bicyclic) bond motifs is 1. The number of hydrogen-bond donors (Lipinski definition) is 0. The van der Waals surface area contributed by atoms with Crippen LogP contribution < -0.4 is 4.90 Å². The largest absolute Gasteiger partial charge is 0.338 e. The summed E-state index contributed by atoms with van der Waals surface area (Å²) < 4.78 is 5.20. The highest BCUT2D eigenvalue weighted by Gasteiger charge is 2.53. The van der Waals surface area contributed by atoms with Crippen molar-refractivity contribution in [3.05, 3.63) is 58.4 Å². The highest BCUT2D eigenvalue weighted by Crippen LogP contribution is 2.47. The Morgan fingerprint density at radius 3 is 2.86 bits per heavy atom. The van der Waals surface area contributed by atoms with E-state index in [2.05, 4.69) is 44.3 Å². The third-order valence-electron chi connectivity index (χ3n) is 6.25. The Balaban J connectivity index is 1.38. The van der Waals surface area contributed by atoms with Crippen LogP contribution in [0.4, 0.5) is 5.95 Å². The molecule has 3 aromatic rings. The molecule has 2 aliphatic rings. The zero-order valence-electron chi connectivity index (χ0n) is 16.3. The van der Waals surface area contributed by atoms with E-state index in [4.69, 9.17) is 4.52 Å². The molecule has 0 spiro atoms. The third-order valence-corrected chi connectivity index (χ3v) is 6.84. The second-order valence-corrected chi connectivity index (χ2v) is 8.82. The van der Waals surface area contributed by atoms with Gasteiger partial charge in [0.15, 0.2) is 0 Å². The number of aromatic nitrogens is 3. The van der Waals surface area contributed by atoms with Crippen LogP contribution in [0.3, 0.4) is 0 Å². The van der Waals surface area contributed by atoms with Crippen molar-refractivity contribution in [2.24, 2.45) is 11.3 Å². The monoisotopic (exact) mass is 409 g/mol. The number of carbonyl (C=O) groups is 1. The molecule has 0 aliphatic carbocycles. The molecule has 2 atom stereocenters. The molecule has 8 heteroatoms. The summed E-state index contributed by atoms with van der Waals surface area (Å²) in [5, 5.41) is 5.95. The van der Waals surface area contributed by atoms with Gasteiger partial charge in [-0.2, -0.15) is 4.98 Å². The zero-order chi connectivity index (χ0) is 19.8. The molecule has 0 saturated carbocycles. The molecule has 5 rings (SSSR count). The predicted molar refractivity (Wildman–Crippen MR) is 110 cm³/mol. The van der Waals surface area contributed by atoms with Gasteiger partial charge in [-0.1, -0.05) is 30.3 Å². The van der Waals surface area contributed by atoms with Gasteiger partial charge in [0.1, 0.15) is 5.69 Å². The van der Waals surface area contributed by atoms with Crippen molar-refractivity contribution in [2.45, 2.75) is 19.8 Å². The number of thiazole rings is 1. The smallest absolute Gasteiger partial charge is 0.273 e. The molecule has 29 heavy (non-hydrogen) atoms. The summed E-state index contributed by atoms with van der Waals surface area (Å²) >= 11 is 1.46. The molecule has 0 radical (unpaired) electrons. The Labute approximate surface area is 173 Å². The minimum Gasteiger partial charge on any atom is -0.338 e. The fraction of sp³-hybridized carbons (Fsp3) is 0.429. The molecule has 2 aromatic heterocycles. The molecule has 0 N–H and O–H groups in total. The van der Waals surface area contributed by atoms with Crippen LogP contribution in [0.5, 0.6) is 0 Å². The van der Waals surface area contributed by atoms with Crippen molar-refractivity contribution < 1.29 is 9.32 Å². The van der Waals surface area contributed by atoms with Gasteiger partial charge in [-0.25, -0.2) is 4.98 Å². The van der Waals surface area contributed by atoms with Gasteiger partial charge in [0.25, 0.3) is 11.9 Å². The number of carbonyl (C=O) groups excluding carboxylic acids is 1. The molecule has 150 valence electrons. The van der Waals surface area contributed by atoms with E-state index < -0.39 is 0 Å². The predicted octanol–water partition coefficient (Wildman–Crippen LogP) is 3.05. The van der Waals surface area contributed by atoms with Crippen molar-refractivity contribution in [3.8, 4) is 0 Å². The van der Waals surface area contributed by atoms with Crippen molar-refractivity contribution in [2.75, 3.05) is 31.1 Å². The van der Waals surface area contributed by atoms with Crippen LogP contribution in [0.1, 0.15) is 28.4 Å². The van der Waals surface area contributed by atoms with E-state index >= 15 is 0 Å². The number of aryl methyl sites for hydroxylation is 2. The molecular weight excluding hydrogens is 386 g/mol. The van der Waals surface area contributed by atoms with E-state index in [-0.39, 0.29) is 11.3 Å². The highest BCUT2D eigenvalue weighted by molar-refractivity contribution is 7.07. The van der Waals surface area contributed by atoms with Crippen molar-refractivity contribution >= 4 is 23.2 Å². The number of nitrogens with zero attached hydrogens (tertiary/aromatic N) is 5. The molecule has 7 nitrogen and oxygen atoms in total. The van der Waals surface area contributed by atoms with Crippen LogP contribution in [0.25, 0.3) is 0 Å². The van der Waals surface area contributed by atoms with Crippen LogP contribution in [0, 0.1) is 18.3 Å². The summed E-state index contributed by atoms with van der Waals surface area (Å²) in [5.74, 6) is 1.67. The van der Waals surface area contributed by atoms with Crippen LogP contribution in [-0.4, -0.2) is 52.1 Å². The third kappa shape index (κ3) is 3.42. The molecule has 1 aromatic carbocycles. The van der Waals surface area contributed by atoms with E-state index in [9.17, 15) is 4.79 Å². The van der Waals surface area contributed by atoms with Gasteiger partial charge in [-0.05, 0) is 23.6 Å². The molecule has 0 bridgehead atoms. The molecule has 0 unspecified atom stereocenters. The van der Waals surface area contributed by atoms with Gasteiger partial charge < -0.3 is 14.3 Å². The van der Waals surface area contributed by atoms with Crippen LogP contribution >= 0.6 is 11.3 Å². The van der Waals surface area contributed by atoms with Gasteiger partial charge in [0.05, 0.1) is 5.51 Å². The van der Waals surface area contributed by atoms with E-state index in [1.54, 1.807) is 5.51 Å². The summed E-state index contributed by atoms with van der Waals surface area (Å²) in [6.45, 7) is 4.98. The highest BCUT2D eigenvalue weighted by atomic mass is 32.1. The first-order valence-electron chi connectivity index (χ1n) is 9.90. The Bertz CT molecular complexity index is 990. The number of hydrogen-bond acceptors (Lipinski definition) is 7. The maximum atomic E-state index is 12.9. The maximum Gasteiger partial charge on any atom is 0.273 e. The lowest BCUT2D eigenvalue weighted by Gasteiger charge is -2.29. The van der Waals surface area contributed by atoms with E-state index in [1.165, 1.54) is 16.9 Å². The Kier molecular flexibility index (Phi) is 4.58. The topological polar surface area (TPSA) is 75.4 Å².